The van der Waals surface area contributed by atoms with Crippen molar-refractivity contribution in [2.45, 2.75) is 45.3 Å². The van der Waals surface area contributed by atoms with Gasteiger partial charge in [0, 0.05) is 12.6 Å². The molecule has 1 aliphatic carbocycles. The van der Waals surface area contributed by atoms with Gasteiger partial charge in [0.05, 0.1) is 6.10 Å². The highest BCUT2D eigenvalue weighted by Gasteiger charge is 2.26. The third-order valence-corrected chi connectivity index (χ3v) is 2.51. The first-order valence-electron chi connectivity index (χ1n) is 4.63. The molecule has 0 amide bonds. The number of aliphatic hydroxyl groups excluding tert-OH is 1. The summed E-state index contributed by atoms with van der Waals surface area (Å²) in [6.45, 7) is 4.82. The molecule has 66 valence electrons. The standard InChI is InChI=1S/C9H19NO/c1-3-8-4-9(5-8)10-6-7(2)11/h7-11H,3-6H2,1-2H3. The monoisotopic (exact) mass is 157 g/mol. The van der Waals surface area contributed by atoms with E-state index in [1.807, 2.05) is 6.92 Å². The maximum Gasteiger partial charge on any atom is 0.0636 e. The van der Waals surface area contributed by atoms with Crippen molar-refractivity contribution in [3.63, 3.8) is 0 Å². The summed E-state index contributed by atoms with van der Waals surface area (Å²) in [5.74, 6) is 0.946. The molecule has 1 saturated carbocycles. The van der Waals surface area contributed by atoms with Crippen molar-refractivity contribution < 1.29 is 5.11 Å². The van der Waals surface area contributed by atoms with Gasteiger partial charge < -0.3 is 10.4 Å². The van der Waals surface area contributed by atoms with E-state index in [1.165, 1.54) is 19.3 Å². The molecule has 0 aliphatic heterocycles. The minimum atomic E-state index is -0.198. The van der Waals surface area contributed by atoms with Crippen molar-refractivity contribution in [2.75, 3.05) is 6.54 Å². The summed E-state index contributed by atoms with van der Waals surface area (Å²) in [7, 11) is 0. The Morgan fingerprint density at radius 3 is 2.64 bits per heavy atom. The van der Waals surface area contributed by atoms with Crippen LogP contribution in [0.3, 0.4) is 0 Å². The Hall–Kier alpha value is -0.0800. The fourth-order valence-electron chi connectivity index (χ4n) is 1.57. The summed E-state index contributed by atoms with van der Waals surface area (Å²) in [4.78, 5) is 0. The first-order chi connectivity index (χ1) is 5.22. The van der Waals surface area contributed by atoms with Gasteiger partial charge in [-0.1, -0.05) is 13.3 Å². The van der Waals surface area contributed by atoms with Gasteiger partial charge in [-0.25, -0.2) is 0 Å². The summed E-state index contributed by atoms with van der Waals surface area (Å²) < 4.78 is 0. The van der Waals surface area contributed by atoms with E-state index in [2.05, 4.69) is 12.2 Å². The lowest BCUT2D eigenvalue weighted by Gasteiger charge is -2.35. The Bertz CT molecular complexity index is 108. The molecule has 1 fully saturated rings. The summed E-state index contributed by atoms with van der Waals surface area (Å²) in [5, 5.41) is 12.3. The minimum Gasteiger partial charge on any atom is -0.392 e. The highest BCUT2D eigenvalue weighted by atomic mass is 16.3. The van der Waals surface area contributed by atoms with Crippen molar-refractivity contribution >= 4 is 0 Å². The second-order valence-corrected chi connectivity index (χ2v) is 3.70. The summed E-state index contributed by atoms with van der Waals surface area (Å²) >= 11 is 0. The van der Waals surface area contributed by atoms with Crippen LogP contribution in [0.4, 0.5) is 0 Å². The maximum atomic E-state index is 8.98. The van der Waals surface area contributed by atoms with E-state index in [-0.39, 0.29) is 6.10 Å². The van der Waals surface area contributed by atoms with E-state index in [9.17, 15) is 0 Å². The van der Waals surface area contributed by atoms with Crippen molar-refractivity contribution in [3.05, 3.63) is 0 Å². The van der Waals surface area contributed by atoms with Gasteiger partial charge in [-0.15, -0.1) is 0 Å². The molecule has 0 aromatic rings. The molecule has 0 heterocycles. The van der Waals surface area contributed by atoms with Gasteiger partial charge in [0.2, 0.25) is 0 Å². The van der Waals surface area contributed by atoms with Crippen LogP contribution in [0.15, 0.2) is 0 Å². The zero-order valence-corrected chi connectivity index (χ0v) is 7.51. The molecule has 0 aromatic heterocycles. The lowest BCUT2D eigenvalue weighted by atomic mass is 9.79. The predicted molar refractivity (Wildman–Crippen MR) is 46.5 cm³/mol. The number of hydrogen-bond acceptors (Lipinski definition) is 2. The van der Waals surface area contributed by atoms with Crippen LogP contribution in [0, 0.1) is 5.92 Å². The zero-order valence-electron chi connectivity index (χ0n) is 7.51. The largest absolute Gasteiger partial charge is 0.392 e. The smallest absolute Gasteiger partial charge is 0.0636 e. The van der Waals surface area contributed by atoms with Gasteiger partial charge in [-0.2, -0.15) is 0 Å². The molecule has 1 rings (SSSR count). The molecule has 0 spiro atoms. The Kier molecular flexibility index (Phi) is 3.34. The Balaban J connectivity index is 1.96. The molecule has 0 radical (unpaired) electrons. The van der Waals surface area contributed by atoms with E-state index >= 15 is 0 Å². The van der Waals surface area contributed by atoms with Crippen molar-refractivity contribution in [1.82, 2.24) is 5.32 Å². The number of aliphatic hydroxyl groups is 1. The highest BCUT2D eigenvalue weighted by Crippen LogP contribution is 2.29. The number of rotatable bonds is 4. The van der Waals surface area contributed by atoms with Gasteiger partial charge >= 0.3 is 0 Å². The molecule has 2 nitrogen and oxygen atoms in total. The van der Waals surface area contributed by atoms with E-state index < -0.39 is 0 Å². The fourth-order valence-corrected chi connectivity index (χ4v) is 1.57. The van der Waals surface area contributed by atoms with Crippen LogP contribution in [0.1, 0.15) is 33.1 Å². The van der Waals surface area contributed by atoms with Crippen molar-refractivity contribution in [2.24, 2.45) is 5.92 Å². The topological polar surface area (TPSA) is 32.3 Å². The van der Waals surface area contributed by atoms with Crippen LogP contribution >= 0.6 is 0 Å². The lowest BCUT2D eigenvalue weighted by Crippen LogP contribution is -2.43. The molecular formula is C9H19NO. The van der Waals surface area contributed by atoms with E-state index in [4.69, 9.17) is 5.11 Å². The van der Waals surface area contributed by atoms with Crippen molar-refractivity contribution in [1.29, 1.82) is 0 Å². The predicted octanol–water partition coefficient (Wildman–Crippen LogP) is 1.15. The van der Waals surface area contributed by atoms with Gasteiger partial charge in [0.1, 0.15) is 0 Å². The summed E-state index contributed by atoms with van der Waals surface area (Å²) in [6, 6.07) is 0.689. The normalized spacial score (nSPS) is 33.0. The average molecular weight is 157 g/mol. The Morgan fingerprint density at radius 1 is 1.55 bits per heavy atom. The first kappa shape index (κ1) is 9.01. The molecule has 11 heavy (non-hydrogen) atoms. The highest BCUT2D eigenvalue weighted by molar-refractivity contribution is 4.84. The van der Waals surface area contributed by atoms with E-state index in [0.717, 1.165) is 12.5 Å². The average Bonchev–Trinajstić information content (AvgIpc) is 1.84. The molecule has 0 aromatic carbocycles. The fraction of sp³-hybridized carbons (Fsp3) is 1.00. The maximum absolute atomic E-state index is 8.98. The second kappa shape index (κ2) is 4.07. The van der Waals surface area contributed by atoms with Crippen LogP contribution in [-0.4, -0.2) is 23.8 Å². The molecule has 2 N–H and O–H groups in total. The molecule has 0 bridgehead atoms. The van der Waals surface area contributed by atoms with Crippen LogP contribution in [-0.2, 0) is 0 Å². The quantitative estimate of drug-likeness (QED) is 0.641. The van der Waals surface area contributed by atoms with Crippen LogP contribution in [0.25, 0.3) is 0 Å². The second-order valence-electron chi connectivity index (χ2n) is 3.70. The van der Waals surface area contributed by atoms with Crippen LogP contribution < -0.4 is 5.32 Å². The summed E-state index contributed by atoms with van der Waals surface area (Å²) in [5.41, 5.74) is 0. The molecule has 1 atom stereocenters. The van der Waals surface area contributed by atoms with Gasteiger partial charge in [-0.05, 0) is 25.7 Å². The molecular weight excluding hydrogens is 138 g/mol. The van der Waals surface area contributed by atoms with Crippen LogP contribution in [0.2, 0.25) is 0 Å². The zero-order chi connectivity index (χ0) is 8.27. The molecule has 1 unspecified atom stereocenters. The number of nitrogens with one attached hydrogen (secondary N) is 1. The van der Waals surface area contributed by atoms with E-state index in [1.54, 1.807) is 0 Å². The van der Waals surface area contributed by atoms with Crippen molar-refractivity contribution in [3.8, 4) is 0 Å². The van der Waals surface area contributed by atoms with Gasteiger partial charge in [0.25, 0.3) is 0 Å². The third-order valence-electron chi connectivity index (χ3n) is 2.51. The Morgan fingerprint density at radius 2 is 2.18 bits per heavy atom. The summed E-state index contributed by atoms with van der Waals surface area (Å²) in [6.07, 6.45) is 3.73. The lowest BCUT2D eigenvalue weighted by molar-refractivity contribution is 0.156. The van der Waals surface area contributed by atoms with E-state index in [0.29, 0.717) is 6.04 Å². The van der Waals surface area contributed by atoms with Gasteiger partial charge in [-0.3, -0.25) is 0 Å². The first-order valence-corrected chi connectivity index (χ1v) is 4.63. The SMILES string of the molecule is CCC1CC(NCC(C)O)C1. The molecule has 0 saturated heterocycles. The molecule has 1 aliphatic rings. The Labute approximate surface area is 69.0 Å². The molecule has 2 heteroatoms. The van der Waals surface area contributed by atoms with Gasteiger partial charge in [0.15, 0.2) is 0 Å². The third kappa shape index (κ3) is 2.80. The van der Waals surface area contributed by atoms with Crippen LogP contribution in [0.5, 0.6) is 0 Å². The minimum absolute atomic E-state index is 0.198. The number of hydrogen-bond donors (Lipinski definition) is 2.